The number of benzene rings is 1. The molecule has 0 fully saturated rings. The van der Waals surface area contributed by atoms with Gasteiger partial charge in [-0.15, -0.1) is 0 Å². The molecule has 0 atom stereocenters. The fourth-order valence-electron chi connectivity index (χ4n) is 1.61. The number of anilines is 1. The number of halogens is 1. The molecule has 19 heavy (non-hydrogen) atoms. The van der Waals surface area contributed by atoms with Crippen LogP contribution in [0.25, 0.3) is 0 Å². The Balaban J connectivity index is 2.08. The Kier molecular flexibility index (Phi) is 3.76. The lowest BCUT2D eigenvalue weighted by Gasteiger charge is -2.17. The molecule has 1 aromatic carbocycles. The third kappa shape index (κ3) is 3.08. The zero-order chi connectivity index (χ0) is 13.8. The van der Waals surface area contributed by atoms with Crippen molar-refractivity contribution in [2.45, 2.75) is 6.54 Å². The predicted molar refractivity (Wildman–Crippen MR) is 66.7 cm³/mol. The van der Waals surface area contributed by atoms with E-state index < -0.39 is 5.91 Å². The zero-order valence-corrected chi connectivity index (χ0v) is 10.3. The van der Waals surface area contributed by atoms with Gasteiger partial charge in [-0.1, -0.05) is 11.2 Å². The molecule has 2 rings (SSSR count). The van der Waals surface area contributed by atoms with Crippen molar-refractivity contribution in [3.05, 3.63) is 47.6 Å². The van der Waals surface area contributed by atoms with Crippen LogP contribution >= 0.6 is 0 Å². The van der Waals surface area contributed by atoms with Gasteiger partial charge in [0.25, 0.3) is 5.91 Å². The molecule has 0 saturated heterocycles. The topological polar surface area (TPSA) is 84.4 Å². The molecular weight excluding hydrogens is 251 g/mol. The van der Waals surface area contributed by atoms with Crippen LogP contribution in [0, 0.1) is 5.82 Å². The largest absolute Gasteiger partial charge is 0.367 e. The average Bonchev–Trinajstić information content (AvgIpc) is 2.86. The Morgan fingerprint density at radius 3 is 3.00 bits per heavy atom. The van der Waals surface area contributed by atoms with Crippen molar-refractivity contribution in [3.63, 3.8) is 0 Å². The number of carbonyl (C=O) groups excluding carboxylic acids is 1. The highest BCUT2D eigenvalue weighted by atomic mass is 19.1. The first-order valence-electron chi connectivity index (χ1n) is 5.53. The molecule has 0 aliphatic rings. The van der Waals surface area contributed by atoms with Gasteiger partial charge < -0.3 is 9.42 Å². The van der Waals surface area contributed by atoms with E-state index in [4.69, 9.17) is 10.4 Å². The Bertz CT molecular complexity index is 585. The number of nitrogen functional groups attached to an aromatic ring is 1. The molecule has 1 aromatic heterocycles. The SMILES string of the molecule is CN(Cc1cc(C(=O)NN)no1)c1cccc(F)c1. The van der Waals surface area contributed by atoms with Crippen LogP contribution in [-0.2, 0) is 6.54 Å². The number of hydrogen-bond donors (Lipinski definition) is 2. The van der Waals surface area contributed by atoms with Crippen LogP contribution in [0.1, 0.15) is 16.2 Å². The van der Waals surface area contributed by atoms with Gasteiger partial charge in [0.1, 0.15) is 5.82 Å². The minimum Gasteiger partial charge on any atom is -0.367 e. The summed E-state index contributed by atoms with van der Waals surface area (Å²) in [4.78, 5) is 13.0. The van der Waals surface area contributed by atoms with Gasteiger partial charge in [-0.2, -0.15) is 0 Å². The third-order valence-corrected chi connectivity index (χ3v) is 2.56. The van der Waals surface area contributed by atoms with E-state index in [-0.39, 0.29) is 11.5 Å². The maximum absolute atomic E-state index is 13.1. The molecule has 100 valence electrons. The van der Waals surface area contributed by atoms with E-state index in [1.165, 1.54) is 18.2 Å². The number of carbonyl (C=O) groups is 1. The van der Waals surface area contributed by atoms with E-state index in [9.17, 15) is 9.18 Å². The number of aromatic nitrogens is 1. The summed E-state index contributed by atoms with van der Waals surface area (Å²) in [5, 5.41) is 3.58. The van der Waals surface area contributed by atoms with E-state index in [0.29, 0.717) is 18.0 Å². The summed E-state index contributed by atoms with van der Waals surface area (Å²) in [5.74, 6) is 4.63. The molecule has 6 nitrogen and oxygen atoms in total. The molecule has 0 unspecified atom stereocenters. The molecule has 0 aliphatic heterocycles. The number of rotatable bonds is 4. The predicted octanol–water partition coefficient (Wildman–Crippen LogP) is 1.05. The molecule has 0 radical (unpaired) electrons. The molecule has 2 aromatic rings. The normalized spacial score (nSPS) is 10.3. The monoisotopic (exact) mass is 264 g/mol. The fraction of sp³-hybridized carbons (Fsp3) is 0.167. The van der Waals surface area contributed by atoms with Crippen molar-refractivity contribution in [1.82, 2.24) is 10.6 Å². The van der Waals surface area contributed by atoms with Gasteiger partial charge in [0, 0.05) is 18.8 Å². The van der Waals surface area contributed by atoms with Crippen LogP contribution in [0.3, 0.4) is 0 Å². The highest BCUT2D eigenvalue weighted by molar-refractivity contribution is 5.91. The summed E-state index contributed by atoms with van der Waals surface area (Å²) in [6.07, 6.45) is 0. The summed E-state index contributed by atoms with van der Waals surface area (Å²) < 4.78 is 18.1. The number of nitrogens with two attached hydrogens (primary N) is 1. The molecule has 7 heteroatoms. The third-order valence-electron chi connectivity index (χ3n) is 2.56. The minimum absolute atomic E-state index is 0.102. The lowest BCUT2D eigenvalue weighted by atomic mass is 10.2. The number of nitrogens with one attached hydrogen (secondary N) is 1. The second-order valence-electron chi connectivity index (χ2n) is 3.99. The van der Waals surface area contributed by atoms with Crippen LogP contribution in [-0.4, -0.2) is 18.1 Å². The molecule has 0 bridgehead atoms. The summed E-state index contributed by atoms with van der Waals surface area (Å²) in [7, 11) is 1.78. The van der Waals surface area contributed by atoms with Crippen LogP contribution < -0.4 is 16.2 Å². The van der Waals surface area contributed by atoms with Gasteiger partial charge in [-0.05, 0) is 18.2 Å². The molecular formula is C12H13FN4O2. The van der Waals surface area contributed by atoms with Crippen molar-refractivity contribution >= 4 is 11.6 Å². The molecule has 3 N–H and O–H groups in total. The summed E-state index contributed by atoms with van der Waals surface area (Å²) in [6.45, 7) is 0.355. The van der Waals surface area contributed by atoms with Gasteiger partial charge in [0.2, 0.25) is 0 Å². The number of amides is 1. The first kappa shape index (κ1) is 13.0. The van der Waals surface area contributed by atoms with Crippen molar-refractivity contribution in [3.8, 4) is 0 Å². The number of hydrazine groups is 1. The van der Waals surface area contributed by atoms with E-state index in [2.05, 4.69) is 5.16 Å². The van der Waals surface area contributed by atoms with Gasteiger partial charge in [-0.3, -0.25) is 10.2 Å². The second kappa shape index (κ2) is 5.49. The van der Waals surface area contributed by atoms with Crippen molar-refractivity contribution in [2.24, 2.45) is 5.84 Å². The zero-order valence-electron chi connectivity index (χ0n) is 10.3. The first-order valence-corrected chi connectivity index (χ1v) is 5.53. The van der Waals surface area contributed by atoms with Gasteiger partial charge in [-0.25, -0.2) is 10.2 Å². The Morgan fingerprint density at radius 1 is 1.53 bits per heavy atom. The van der Waals surface area contributed by atoms with Crippen molar-refractivity contribution in [1.29, 1.82) is 0 Å². The molecule has 0 saturated carbocycles. The van der Waals surface area contributed by atoms with Gasteiger partial charge in [0.15, 0.2) is 11.5 Å². The van der Waals surface area contributed by atoms with Crippen molar-refractivity contribution < 1.29 is 13.7 Å². The first-order chi connectivity index (χ1) is 9.10. The van der Waals surface area contributed by atoms with Crippen LogP contribution in [0.15, 0.2) is 34.9 Å². The number of hydrogen-bond acceptors (Lipinski definition) is 5. The highest BCUT2D eigenvalue weighted by Crippen LogP contribution is 2.16. The smallest absolute Gasteiger partial charge is 0.287 e. The van der Waals surface area contributed by atoms with Gasteiger partial charge >= 0.3 is 0 Å². The quantitative estimate of drug-likeness (QED) is 0.490. The number of nitrogens with zero attached hydrogens (tertiary/aromatic N) is 2. The fourth-order valence-corrected chi connectivity index (χ4v) is 1.61. The minimum atomic E-state index is -0.525. The van der Waals surface area contributed by atoms with E-state index in [1.807, 2.05) is 5.43 Å². The van der Waals surface area contributed by atoms with Crippen LogP contribution in [0.4, 0.5) is 10.1 Å². The van der Waals surface area contributed by atoms with Crippen LogP contribution in [0.2, 0.25) is 0 Å². The standard InChI is InChI=1S/C12H13FN4O2/c1-17(9-4-2-3-8(13)5-9)7-10-6-11(16-19-10)12(18)15-14/h2-6H,7,14H2,1H3,(H,15,18). The summed E-state index contributed by atoms with van der Waals surface area (Å²) in [5.41, 5.74) is 2.76. The lowest BCUT2D eigenvalue weighted by Crippen LogP contribution is -2.30. The highest BCUT2D eigenvalue weighted by Gasteiger charge is 2.12. The van der Waals surface area contributed by atoms with Crippen LogP contribution in [0.5, 0.6) is 0 Å². The molecule has 0 spiro atoms. The maximum Gasteiger partial charge on any atom is 0.287 e. The second-order valence-corrected chi connectivity index (χ2v) is 3.99. The summed E-state index contributed by atoms with van der Waals surface area (Å²) in [6, 6.07) is 7.65. The molecule has 1 heterocycles. The van der Waals surface area contributed by atoms with E-state index in [1.54, 1.807) is 24.1 Å². The maximum atomic E-state index is 13.1. The van der Waals surface area contributed by atoms with Crippen molar-refractivity contribution in [2.75, 3.05) is 11.9 Å². The summed E-state index contributed by atoms with van der Waals surface area (Å²) >= 11 is 0. The lowest BCUT2D eigenvalue weighted by molar-refractivity contribution is 0.0944. The van der Waals surface area contributed by atoms with Gasteiger partial charge in [0.05, 0.1) is 6.54 Å². The average molecular weight is 264 g/mol. The Hall–Kier alpha value is -2.41. The Morgan fingerprint density at radius 2 is 2.32 bits per heavy atom. The molecule has 0 aliphatic carbocycles. The van der Waals surface area contributed by atoms with E-state index >= 15 is 0 Å². The Labute approximate surface area is 108 Å². The van der Waals surface area contributed by atoms with E-state index in [0.717, 1.165) is 0 Å². The molecule has 1 amide bonds.